The third-order valence-corrected chi connectivity index (χ3v) is 5.59. The molecular formula is C23H24F3NO. The van der Waals surface area contributed by atoms with E-state index < -0.39 is 17.7 Å². The van der Waals surface area contributed by atoms with E-state index in [1.165, 1.54) is 6.07 Å². The van der Waals surface area contributed by atoms with Gasteiger partial charge in [-0.1, -0.05) is 18.2 Å². The Hall–Kier alpha value is -2.69. The van der Waals surface area contributed by atoms with E-state index in [0.717, 1.165) is 40.0 Å². The van der Waals surface area contributed by atoms with Gasteiger partial charge in [-0.3, -0.25) is 0 Å². The van der Waals surface area contributed by atoms with Crippen molar-refractivity contribution < 1.29 is 17.9 Å². The number of hydrogen-bond acceptors (Lipinski definition) is 2. The third-order valence-electron chi connectivity index (χ3n) is 5.59. The minimum atomic E-state index is -4.38. The van der Waals surface area contributed by atoms with Gasteiger partial charge in [0.25, 0.3) is 0 Å². The number of allylic oxidation sites excluding steroid dienone is 4. The minimum Gasteiger partial charge on any atom is -0.497 e. The molecule has 1 aliphatic heterocycles. The minimum absolute atomic E-state index is 0.304. The number of anilines is 1. The second-order valence-electron chi connectivity index (χ2n) is 7.09. The van der Waals surface area contributed by atoms with Crippen molar-refractivity contribution in [2.45, 2.75) is 39.8 Å². The van der Waals surface area contributed by atoms with E-state index in [-0.39, 0.29) is 0 Å². The molecule has 0 unspecified atom stereocenters. The van der Waals surface area contributed by atoms with Crippen molar-refractivity contribution in [2.75, 3.05) is 12.0 Å². The molecule has 28 heavy (non-hydrogen) atoms. The summed E-state index contributed by atoms with van der Waals surface area (Å²) in [6.07, 6.45) is -4.38. The average Bonchev–Trinajstić information content (AvgIpc) is 2.67. The predicted molar refractivity (Wildman–Crippen MR) is 106 cm³/mol. The number of methoxy groups -OCH3 is 1. The lowest BCUT2D eigenvalue weighted by atomic mass is 9.79. The number of rotatable bonds is 3. The standard InChI is InChI=1S/C23H24F3NO/c1-14-16(3)27(18-10-12-19(28-5)13-11-18)17(4)15(2)22(14)20-8-6-7-9-21(20)23(24,25)26/h6-13,22H,1-5H3. The van der Waals surface area contributed by atoms with E-state index in [1.807, 2.05) is 52.0 Å². The van der Waals surface area contributed by atoms with E-state index in [0.29, 0.717) is 5.56 Å². The summed E-state index contributed by atoms with van der Waals surface area (Å²) in [7, 11) is 1.61. The van der Waals surface area contributed by atoms with Gasteiger partial charge in [-0.2, -0.15) is 13.2 Å². The number of hydrogen-bond donors (Lipinski definition) is 0. The highest BCUT2D eigenvalue weighted by Gasteiger charge is 2.38. The highest BCUT2D eigenvalue weighted by Crippen LogP contribution is 2.46. The first-order valence-electron chi connectivity index (χ1n) is 9.11. The maximum Gasteiger partial charge on any atom is 0.416 e. The van der Waals surface area contributed by atoms with Gasteiger partial charge in [-0.25, -0.2) is 0 Å². The summed E-state index contributed by atoms with van der Waals surface area (Å²) in [6.45, 7) is 7.75. The van der Waals surface area contributed by atoms with E-state index in [9.17, 15) is 13.2 Å². The van der Waals surface area contributed by atoms with Crippen LogP contribution in [0.15, 0.2) is 71.1 Å². The number of alkyl halides is 3. The van der Waals surface area contributed by atoms with Gasteiger partial charge in [-0.15, -0.1) is 0 Å². The highest BCUT2D eigenvalue weighted by molar-refractivity contribution is 5.64. The molecule has 0 spiro atoms. The van der Waals surface area contributed by atoms with Gasteiger partial charge in [0, 0.05) is 23.0 Å². The van der Waals surface area contributed by atoms with Crippen molar-refractivity contribution in [3.63, 3.8) is 0 Å². The molecule has 0 bridgehead atoms. The number of ether oxygens (including phenoxy) is 1. The summed E-state index contributed by atoms with van der Waals surface area (Å²) < 4.78 is 46.1. The van der Waals surface area contributed by atoms with E-state index in [2.05, 4.69) is 4.90 Å². The van der Waals surface area contributed by atoms with Crippen molar-refractivity contribution in [2.24, 2.45) is 0 Å². The topological polar surface area (TPSA) is 12.5 Å². The molecule has 3 rings (SSSR count). The van der Waals surface area contributed by atoms with Crippen LogP contribution in [0.5, 0.6) is 5.75 Å². The quantitative estimate of drug-likeness (QED) is 0.568. The van der Waals surface area contributed by atoms with Crippen molar-refractivity contribution in [1.29, 1.82) is 0 Å². The van der Waals surface area contributed by atoms with Crippen LogP contribution in [-0.4, -0.2) is 7.11 Å². The molecule has 0 aliphatic carbocycles. The molecule has 2 aromatic carbocycles. The van der Waals surface area contributed by atoms with Crippen LogP contribution in [0.25, 0.3) is 0 Å². The lowest BCUT2D eigenvalue weighted by Gasteiger charge is -2.38. The molecule has 0 atom stereocenters. The fraction of sp³-hybridized carbons (Fsp3) is 0.304. The van der Waals surface area contributed by atoms with Crippen molar-refractivity contribution >= 4 is 5.69 Å². The molecule has 1 heterocycles. The monoisotopic (exact) mass is 387 g/mol. The third kappa shape index (κ3) is 3.41. The van der Waals surface area contributed by atoms with E-state index in [4.69, 9.17) is 4.74 Å². The normalized spacial score (nSPS) is 16.1. The molecule has 0 amide bonds. The van der Waals surface area contributed by atoms with E-state index >= 15 is 0 Å². The van der Waals surface area contributed by atoms with Gasteiger partial charge in [0.05, 0.1) is 12.7 Å². The fourth-order valence-corrected chi connectivity index (χ4v) is 3.94. The Labute approximate surface area is 163 Å². The molecule has 148 valence electrons. The molecule has 0 saturated heterocycles. The van der Waals surface area contributed by atoms with Crippen LogP contribution in [0, 0.1) is 0 Å². The summed E-state index contributed by atoms with van der Waals surface area (Å²) in [5, 5.41) is 0. The molecule has 0 N–H and O–H groups in total. The number of nitrogens with zero attached hydrogens (tertiary/aromatic N) is 1. The van der Waals surface area contributed by atoms with Crippen molar-refractivity contribution in [3.8, 4) is 5.75 Å². The van der Waals surface area contributed by atoms with E-state index in [1.54, 1.807) is 19.2 Å². The van der Waals surface area contributed by atoms with Gasteiger partial charge < -0.3 is 9.64 Å². The lowest BCUT2D eigenvalue weighted by molar-refractivity contribution is -0.138. The molecule has 2 nitrogen and oxygen atoms in total. The van der Waals surface area contributed by atoms with Gasteiger partial charge in [0.1, 0.15) is 5.75 Å². The maximum absolute atomic E-state index is 13.6. The lowest BCUT2D eigenvalue weighted by Crippen LogP contribution is -2.28. The Kier molecular flexibility index (Phi) is 5.28. The zero-order chi connectivity index (χ0) is 20.6. The fourth-order valence-electron chi connectivity index (χ4n) is 3.94. The van der Waals surface area contributed by atoms with Crippen molar-refractivity contribution in [3.05, 3.63) is 82.2 Å². The van der Waals surface area contributed by atoms with Gasteiger partial charge in [0.15, 0.2) is 0 Å². The molecular weight excluding hydrogens is 363 g/mol. The zero-order valence-corrected chi connectivity index (χ0v) is 16.7. The van der Waals surface area contributed by atoms with Crippen LogP contribution in [0.1, 0.15) is 44.7 Å². The van der Waals surface area contributed by atoms with Crippen LogP contribution in [0.3, 0.4) is 0 Å². The first kappa shape index (κ1) is 20.1. The summed E-state index contributed by atoms with van der Waals surface area (Å²) in [5.41, 5.74) is 4.39. The smallest absolute Gasteiger partial charge is 0.416 e. The molecule has 0 radical (unpaired) electrons. The number of halogens is 3. The van der Waals surface area contributed by atoms with Gasteiger partial charge >= 0.3 is 6.18 Å². The maximum atomic E-state index is 13.6. The second-order valence-corrected chi connectivity index (χ2v) is 7.09. The van der Waals surface area contributed by atoms with Crippen LogP contribution >= 0.6 is 0 Å². The van der Waals surface area contributed by atoms with Crippen LogP contribution < -0.4 is 9.64 Å². The second kappa shape index (κ2) is 7.38. The Morgan fingerprint density at radius 2 is 1.36 bits per heavy atom. The molecule has 5 heteroatoms. The zero-order valence-electron chi connectivity index (χ0n) is 16.7. The summed E-state index contributed by atoms with van der Waals surface area (Å²) in [4.78, 5) is 2.09. The highest BCUT2D eigenvalue weighted by atomic mass is 19.4. The first-order valence-corrected chi connectivity index (χ1v) is 9.11. The molecule has 2 aromatic rings. The Bertz CT molecular complexity index is 913. The first-order chi connectivity index (χ1) is 13.2. The van der Waals surface area contributed by atoms with Crippen LogP contribution in [0.4, 0.5) is 18.9 Å². The number of benzene rings is 2. The summed E-state index contributed by atoms with van der Waals surface area (Å²) in [6, 6.07) is 13.5. The predicted octanol–water partition coefficient (Wildman–Crippen LogP) is 6.91. The van der Waals surface area contributed by atoms with Gasteiger partial charge in [-0.05, 0) is 74.7 Å². The summed E-state index contributed by atoms with van der Waals surface area (Å²) >= 11 is 0. The molecule has 0 fully saturated rings. The average molecular weight is 387 g/mol. The SMILES string of the molecule is COc1ccc(N2C(C)=C(C)C(c3ccccc3C(F)(F)F)C(C)=C2C)cc1. The molecule has 0 aromatic heterocycles. The summed E-state index contributed by atoms with van der Waals surface area (Å²) in [5.74, 6) is 0.363. The van der Waals surface area contributed by atoms with Crippen molar-refractivity contribution in [1.82, 2.24) is 0 Å². The Morgan fingerprint density at radius 1 is 0.821 bits per heavy atom. The molecule has 0 saturated carbocycles. The Morgan fingerprint density at radius 3 is 1.86 bits per heavy atom. The molecule has 1 aliphatic rings. The van der Waals surface area contributed by atoms with Crippen LogP contribution in [0.2, 0.25) is 0 Å². The Balaban J connectivity index is 2.13. The van der Waals surface area contributed by atoms with Crippen LogP contribution in [-0.2, 0) is 6.18 Å². The largest absolute Gasteiger partial charge is 0.497 e. The van der Waals surface area contributed by atoms with Gasteiger partial charge in [0.2, 0.25) is 0 Å².